The first-order chi connectivity index (χ1) is 18.3. The number of nitrogens with one attached hydrogen (secondary N) is 1. The summed E-state index contributed by atoms with van der Waals surface area (Å²) in [6, 6.07) is 5.48. The van der Waals surface area contributed by atoms with Gasteiger partial charge in [-0.05, 0) is 63.8 Å². The van der Waals surface area contributed by atoms with E-state index in [4.69, 9.17) is 4.74 Å². The zero-order chi connectivity index (χ0) is 27.1. The molecule has 0 spiro atoms. The summed E-state index contributed by atoms with van der Waals surface area (Å²) in [5.74, 6) is 1.68. The van der Waals surface area contributed by atoms with Crippen LogP contribution in [0.5, 0.6) is 5.75 Å². The molecule has 4 rings (SSSR count). The van der Waals surface area contributed by atoms with Crippen LogP contribution in [-0.4, -0.2) is 72.2 Å². The first kappa shape index (κ1) is 28.9. The van der Waals surface area contributed by atoms with Crippen LogP contribution in [0.2, 0.25) is 0 Å². The molecule has 1 aromatic carbocycles. The van der Waals surface area contributed by atoms with E-state index in [1.54, 1.807) is 0 Å². The maximum atomic E-state index is 13.5. The number of aliphatic hydroxyl groups is 1. The molecule has 0 aromatic heterocycles. The van der Waals surface area contributed by atoms with Crippen molar-refractivity contribution >= 4 is 17.5 Å². The number of benzene rings is 1. The molecule has 2 aliphatic carbocycles. The molecule has 7 heteroatoms. The molecule has 0 radical (unpaired) electrons. The van der Waals surface area contributed by atoms with Gasteiger partial charge in [0.05, 0.1) is 19.1 Å². The quantitative estimate of drug-likeness (QED) is 0.504. The third-order valence-corrected chi connectivity index (χ3v) is 8.95. The largest absolute Gasteiger partial charge is 0.488 e. The first-order valence-electron chi connectivity index (χ1n) is 15.0. The van der Waals surface area contributed by atoms with Crippen LogP contribution in [0.15, 0.2) is 18.2 Å². The standard InChI is InChI=1S/C31H49N3O4/c1-22-18-34(23(2)21-35)30(36)17-26-16-27(32-31(37)25-12-8-5-9-13-25)14-15-28(26)38-29(22)20-33(3)19-24-10-6-4-7-11-24/h14-16,22-25,29,35H,4-13,17-21H2,1-3H3,(H,32,37)/t22-,23+,29-/m0/s1. The van der Waals surface area contributed by atoms with Gasteiger partial charge >= 0.3 is 0 Å². The van der Waals surface area contributed by atoms with Crippen molar-refractivity contribution in [3.05, 3.63) is 23.8 Å². The van der Waals surface area contributed by atoms with Gasteiger partial charge in [-0.1, -0.05) is 45.4 Å². The van der Waals surface area contributed by atoms with Gasteiger partial charge in [0.2, 0.25) is 11.8 Å². The second-order valence-electron chi connectivity index (χ2n) is 12.3. The number of anilines is 1. The Kier molecular flexibility index (Phi) is 10.5. The van der Waals surface area contributed by atoms with Crippen molar-refractivity contribution in [3.63, 3.8) is 0 Å². The van der Waals surface area contributed by atoms with Gasteiger partial charge in [0.15, 0.2) is 0 Å². The van der Waals surface area contributed by atoms with Crippen molar-refractivity contribution in [2.45, 2.75) is 96.6 Å². The van der Waals surface area contributed by atoms with Crippen LogP contribution in [0.4, 0.5) is 5.69 Å². The fourth-order valence-electron chi connectivity index (χ4n) is 6.53. The van der Waals surface area contributed by atoms with E-state index < -0.39 is 0 Å². The van der Waals surface area contributed by atoms with Gasteiger partial charge in [-0.25, -0.2) is 0 Å². The van der Waals surface area contributed by atoms with Crippen LogP contribution in [0.25, 0.3) is 0 Å². The summed E-state index contributed by atoms with van der Waals surface area (Å²) in [4.78, 5) is 30.6. The van der Waals surface area contributed by atoms with Crippen molar-refractivity contribution in [3.8, 4) is 5.75 Å². The van der Waals surface area contributed by atoms with Crippen molar-refractivity contribution < 1.29 is 19.4 Å². The summed E-state index contributed by atoms with van der Waals surface area (Å²) in [7, 11) is 2.18. The van der Waals surface area contributed by atoms with E-state index in [0.717, 1.165) is 61.7 Å². The Labute approximate surface area is 229 Å². The predicted molar refractivity (Wildman–Crippen MR) is 151 cm³/mol. The second kappa shape index (κ2) is 13.8. The highest BCUT2D eigenvalue weighted by Crippen LogP contribution is 2.31. The van der Waals surface area contributed by atoms with E-state index >= 15 is 0 Å². The zero-order valence-electron chi connectivity index (χ0n) is 23.8. The molecule has 7 nitrogen and oxygen atoms in total. The molecule has 3 atom stereocenters. The number of fused-ring (bicyclic) bond motifs is 1. The zero-order valence-corrected chi connectivity index (χ0v) is 23.8. The van der Waals surface area contributed by atoms with Gasteiger partial charge < -0.3 is 25.0 Å². The van der Waals surface area contributed by atoms with E-state index in [2.05, 4.69) is 24.2 Å². The Morgan fingerprint density at radius 2 is 1.79 bits per heavy atom. The summed E-state index contributed by atoms with van der Waals surface area (Å²) in [6.07, 6.45) is 12.0. The summed E-state index contributed by atoms with van der Waals surface area (Å²) >= 11 is 0. The molecule has 2 amide bonds. The highest BCUT2D eigenvalue weighted by atomic mass is 16.5. The first-order valence-corrected chi connectivity index (χ1v) is 15.0. The van der Waals surface area contributed by atoms with E-state index in [-0.39, 0.29) is 48.8 Å². The number of carbonyl (C=O) groups is 2. The lowest BCUT2D eigenvalue weighted by Gasteiger charge is -2.35. The van der Waals surface area contributed by atoms with Gasteiger partial charge in [0.25, 0.3) is 0 Å². The molecule has 0 unspecified atom stereocenters. The van der Waals surface area contributed by atoms with Gasteiger partial charge in [-0.15, -0.1) is 0 Å². The van der Waals surface area contributed by atoms with Gasteiger partial charge in [-0.3, -0.25) is 9.59 Å². The summed E-state index contributed by atoms with van der Waals surface area (Å²) < 4.78 is 6.68. The van der Waals surface area contributed by atoms with Crippen LogP contribution < -0.4 is 10.1 Å². The molecule has 1 aromatic rings. The van der Waals surface area contributed by atoms with Crippen LogP contribution in [-0.2, 0) is 16.0 Å². The number of hydrogen-bond acceptors (Lipinski definition) is 5. The summed E-state index contributed by atoms with van der Waals surface area (Å²) in [6.45, 7) is 6.37. The minimum atomic E-state index is -0.263. The summed E-state index contributed by atoms with van der Waals surface area (Å²) in [5.41, 5.74) is 1.51. The summed E-state index contributed by atoms with van der Waals surface area (Å²) in [5, 5.41) is 13.0. The Morgan fingerprint density at radius 3 is 2.47 bits per heavy atom. The number of ether oxygens (including phenoxy) is 1. The maximum absolute atomic E-state index is 13.5. The van der Waals surface area contributed by atoms with Crippen molar-refractivity contribution in [2.75, 3.05) is 38.6 Å². The molecule has 2 saturated carbocycles. The number of nitrogens with zero attached hydrogens (tertiary/aromatic N) is 2. The number of likely N-dealkylation sites (N-methyl/N-ethyl adjacent to an activating group) is 1. The van der Waals surface area contributed by atoms with Gasteiger partial charge in [0.1, 0.15) is 11.9 Å². The molecule has 0 saturated heterocycles. The monoisotopic (exact) mass is 527 g/mol. The Morgan fingerprint density at radius 1 is 1.11 bits per heavy atom. The lowest BCUT2D eigenvalue weighted by atomic mass is 9.88. The molecular formula is C31H49N3O4. The van der Waals surface area contributed by atoms with E-state index in [1.165, 1.54) is 38.5 Å². The number of hydrogen-bond donors (Lipinski definition) is 2. The highest BCUT2D eigenvalue weighted by Gasteiger charge is 2.32. The average molecular weight is 528 g/mol. The fraction of sp³-hybridized carbons (Fsp3) is 0.742. The molecule has 3 aliphatic rings. The van der Waals surface area contributed by atoms with E-state index in [0.29, 0.717) is 6.54 Å². The van der Waals surface area contributed by atoms with Crippen molar-refractivity contribution in [1.29, 1.82) is 0 Å². The van der Waals surface area contributed by atoms with Crippen LogP contribution in [0.1, 0.15) is 83.6 Å². The van der Waals surface area contributed by atoms with Gasteiger partial charge in [-0.2, -0.15) is 0 Å². The molecule has 38 heavy (non-hydrogen) atoms. The molecule has 2 N–H and O–H groups in total. The SMILES string of the molecule is C[C@H](CO)N1C[C@H](C)[C@H](CN(C)CC2CCCCC2)Oc2ccc(NC(=O)C3CCCCC3)cc2CC1=O. The smallest absolute Gasteiger partial charge is 0.227 e. The Hall–Kier alpha value is -2.12. The molecule has 1 heterocycles. The molecular weight excluding hydrogens is 478 g/mol. The predicted octanol–water partition coefficient (Wildman–Crippen LogP) is 4.87. The fourth-order valence-corrected chi connectivity index (χ4v) is 6.53. The Balaban J connectivity index is 1.53. The van der Waals surface area contributed by atoms with Crippen LogP contribution in [0, 0.1) is 17.8 Å². The van der Waals surface area contributed by atoms with Crippen LogP contribution in [0.3, 0.4) is 0 Å². The molecule has 1 aliphatic heterocycles. The normalized spacial score (nSPS) is 24.7. The minimum Gasteiger partial charge on any atom is -0.488 e. The second-order valence-corrected chi connectivity index (χ2v) is 12.3. The number of amides is 2. The van der Waals surface area contributed by atoms with Crippen LogP contribution >= 0.6 is 0 Å². The highest BCUT2D eigenvalue weighted by molar-refractivity contribution is 5.93. The van der Waals surface area contributed by atoms with Gasteiger partial charge in [0, 0.05) is 42.7 Å². The number of rotatable bonds is 8. The molecule has 0 bridgehead atoms. The topological polar surface area (TPSA) is 82.1 Å². The minimum absolute atomic E-state index is 0.0183. The van der Waals surface area contributed by atoms with E-state index in [1.807, 2.05) is 30.0 Å². The lowest BCUT2D eigenvalue weighted by molar-refractivity contribution is -0.134. The van der Waals surface area contributed by atoms with Crippen molar-refractivity contribution in [2.24, 2.45) is 17.8 Å². The average Bonchev–Trinajstić information content (AvgIpc) is 2.97. The molecule has 212 valence electrons. The molecule has 2 fully saturated rings. The third-order valence-electron chi connectivity index (χ3n) is 8.95. The maximum Gasteiger partial charge on any atom is 0.227 e. The van der Waals surface area contributed by atoms with E-state index in [9.17, 15) is 14.7 Å². The lowest BCUT2D eigenvalue weighted by Crippen LogP contribution is -2.48. The third kappa shape index (κ3) is 7.72. The Bertz CT molecular complexity index is 926. The van der Waals surface area contributed by atoms with Crippen molar-refractivity contribution in [1.82, 2.24) is 9.80 Å². The number of aliphatic hydroxyl groups excluding tert-OH is 1. The number of carbonyl (C=O) groups excluding carboxylic acids is 2.